The number of hydrogen-bond acceptors (Lipinski definition) is 1. The lowest BCUT2D eigenvalue weighted by Gasteiger charge is -2.28. The number of carbonyl (C=O) groups excluding carboxylic acids is 1. The molecule has 1 N–H and O–H groups in total. The summed E-state index contributed by atoms with van der Waals surface area (Å²) in [6.07, 6.45) is 7.01. The highest BCUT2D eigenvalue weighted by Crippen LogP contribution is 2.49. The van der Waals surface area contributed by atoms with Crippen LogP contribution in [0.5, 0.6) is 0 Å². The van der Waals surface area contributed by atoms with Crippen molar-refractivity contribution < 1.29 is 4.79 Å². The molecule has 1 aromatic rings. The molecule has 0 saturated heterocycles. The van der Waals surface area contributed by atoms with E-state index < -0.39 is 0 Å². The van der Waals surface area contributed by atoms with E-state index in [1.807, 2.05) is 0 Å². The van der Waals surface area contributed by atoms with Gasteiger partial charge in [0.25, 0.3) is 0 Å². The molecule has 3 rings (SSSR count). The summed E-state index contributed by atoms with van der Waals surface area (Å²) >= 11 is 0. The predicted octanol–water partition coefficient (Wildman–Crippen LogP) is 3.87. The molecule has 0 radical (unpaired) electrons. The van der Waals surface area contributed by atoms with Crippen molar-refractivity contribution in [3.63, 3.8) is 0 Å². The van der Waals surface area contributed by atoms with Crippen LogP contribution in [0.2, 0.25) is 0 Å². The molecule has 2 heteroatoms. The fourth-order valence-corrected chi connectivity index (χ4v) is 4.46. The van der Waals surface area contributed by atoms with E-state index in [0.29, 0.717) is 12.5 Å². The van der Waals surface area contributed by atoms with Gasteiger partial charge in [0.2, 0.25) is 5.91 Å². The fourth-order valence-electron chi connectivity index (χ4n) is 4.46. The number of nitrogens with one attached hydrogen (secondary N) is 1. The zero-order valence-electron chi connectivity index (χ0n) is 13.3. The maximum atomic E-state index is 12.2. The summed E-state index contributed by atoms with van der Waals surface area (Å²) < 4.78 is 0. The van der Waals surface area contributed by atoms with Crippen LogP contribution in [0.25, 0.3) is 0 Å². The molecule has 4 unspecified atom stereocenters. The Hall–Kier alpha value is -1.31. The van der Waals surface area contributed by atoms with E-state index in [9.17, 15) is 4.79 Å². The molecule has 0 aromatic heterocycles. The first-order valence-corrected chi connectivity index (χ1v) is 8.46. The number of carbonyl (C=O) groups is 1. The summed E-state index contributed by atoms with van der Waals surface area (Å²) in [5.74, 6) is 2.77. The number of benzene rings is 1. The average Bonchev–Trinajstić information content (AvgIpc) is 3.08. The van der Waals surface area contributed by atoms with Crippen molar-refractivity contribution in [1.82, 2.24) is 5.32 Å². The van der Waals surface area contributed by atoms with E-state index in [0.717, 1.165) is 24.2 Å². The predicted molar refractivity (Wildman–Crippen MR) is 86.0 cm³/mol. The van der Waals surface area contributed by atoms with Gasteiger partial charge in [0.05, 0.1) is 0 Å². The Morgan fingerprint density at radius 3 is 2.86 bits per heavy atom. The van der Waals surface area contributed by atoms with Crippen LogP contribution >= 0.6 is 0 Å². The SMILES string of the molecule is Cc1cccc(CCC(=O)NC(C)C2CC3CCC2C3)c1. The monoisotopic (exact) mass is 285 g/mol. The molecule has 0 aliphatic heterocycles. The molecule has 114 valence electrons. The minimum Gasteiger partial charge on any atom is -0.353 e. The third-order valence-corrected chi connectivity index (χ3v) is 5.55. The van der Waals surface area contributed by atoms with Gasteiger partial charge in [0.15, 0.2) is 0 Å². The normalized spacial score (nSPS) is 28.6. The molecule has 1 aromatic carbocycles. The minimum atomic E-state index is 0.215. The number of fused-ring (bicyclic) bond motifs is 2. The zero-order valence-corrected chi connectivity index (χ0v) is 13.3. The second-order valence-corrected chi connectivity index (χ2v) is 7.18. The van der Waals surface area contributed by atoms with Gasteiger partial charge in [-0.1, -0.05) is 36.2 Å². The van der Waals surface area contributed by atoms with Gasteiger partial charge >= 0.3 is 0 Å². The fraction of sp³-hybridized carbons (Fsp3) is 0.632. The average molecular weight is 285 g/mol. The van der Waals surface area contributed by atoms with Crippen molar-refractivity contribution in [2.45, 2.75) is 58.4 Å². The topological polar surface area (TPSA) is 29.1 Å². The lowest BCUT2D eigenvalue weighted by Crippen LogP contribution is -2.40. The highest BCUT2D eigenvalue weighted by molar-refractivity contribution is 5.76. The van der Waals surface area contributed by atoms with E-state index >= 15 is 0 Å². The maximum absolute atomic E-state index is 12.2. The highest BCUT2D eigenvalue weighted by atomic mass is 16.1. The molecular weight excluding hydrogens is 258 g/mol. The summed E-state index contributed by atoms with van der Waals surface area (Å²) in [6.45, 7) is 4.30. The van der Waals surface area contributed by atoms with Crippen LogP contribution in [0.4, 0.5) is 0 Å². The Morgan fingerprint density at radius 1 is 1.33 bits per heavy atom. The number of amides is 1. The van der Waals surface area contributed by atoms with Crippen LogP contribution < -0.4 is 5.32 Å². The van der Waals surface area contributed by atoms with E-state index in [2.05, 4.69) is 43.4 Å². The van der Waals surface area contributed by atoms with Gasteiger partial charge in [0.1, 0.15) is 0 Å². The second kappa shape index (κ2) is 6.21. The lowest BCUT2D eigenvalue weighted by atomic mass is 9.84. The second-order valence-electron chi connectivity index (χ2n) is 7.18. The zero-order chi connectivity index (χ0) is 14.8. The number of rotatable bonds is 5. The molecule has 2 aliphatic rings. The summed E-state index contributed by atoms with van der Waals surface area (Å²) in [4.78, 5) is 12.2. The first-order valence-electron chi connectivity index (χ1n) is 8.46. The molecule has 2 bridgehead atoms. The lowest BCUT2D eigenvalue weighted by molar-refractivity contribution is -0.122. The Kier molecular flexibility index (Phi) is 4.32. The van der Waals surface area contributed by atoms with Crippen LogP contribution in [-0.2, 0) is 11.2 Å². The molecule has 1 amide bonds. The van der Waals surface area contributed by atoms with Crippen LogP contribution in [0.3, 0.4) is 0 Å². The van der Waals surface area contributed by atoms with E-state index in [-0.39, 0.29) is 5.91 Å². The van der Waals surface area contributed by atoms with Gasteiger partial charge in [-0.2, -0.15) is 0 Å². The van der Waals surface area contributed by atoms with Crippen molar-refractivity contribution >= 4 is 5.91 Å². The van der Waals surface area contributed by atoms with E-state index in [1.165, 1.54) is 36.8 Å². The van der Waals surface area contributed by atoms with Gasteiger partial charge in [-0.15, -0.1) is 0 Å². The van der Waals surface area contributed by atoms with E-state index in [4.69, 9.17) is 0 Å². The van der Waals surface area contributed by atoms with Crippen molar-refractivity contribution in [3.05, 3.63) is 35.4 Å². The van der Waals surface area contributed by atoms with Crippen molar-refractivity contribution in [2.24, 2.45) is 17.8 Å². The number of hydrogen-bond donors (Lipinski definition) is 1. The molecule has 2 fully saturated rings. The molecule has 0 heterocycles. The Labute approximate surface area is 128 Å². The smallest absolute Gasteiger partial charge is 0.220 e. The van der Waals surface area contributed by atoms with Gasteiger partial charge in [-0.05, 0) is 62.8 Å². The van der Waals surface area contributed by atoms with Crippen molar-refractivity contribution in [2.75, 3.05) is 0 Å². The summed E-state index contributed by atoms with van der Waals surface area (Å²) in [7, 11) is 0. The Morgan fingerprint density at radius 2 is 2.19 bits per heavy atom. The van der Waals surface area contributed by atoms with E-state index in [1.54, 1.807) is 0 Å². The van der Waals surface area contributed by atoms with Gasteiger partial charge in [-0.3, -0.25) is 4.79 Å². The van der Waals surface area contributed by atoms with Gasteiger partial charge in [0, 0.05) is 12.5 Å². The molecule has 21 heavy (non-hydrogen) atoms. The Balaban J connectivity index is 1.46. The highest BCUT2D eigenvalue weighted by Gasteiger charge is 2.41. The van der Waals surface area contributed by atoms with Crippen molar-refractivity contribution in [3.8, 4) is 0 Å². The molecule has 2 nitrogen and oxygen atoms in total. The first-order chi connectivity index (χ1) is 10.1. The van der Waals surface area contributed by atoms with Crippen LogP contribution in [0.1, 0.15) is 50.2 Å². The number of aryl methyl sites for hydroxylation is 2. The van der Waals surface area contributed by atoms with Gasteiger partial charge < -0.3 is 5.32 Å². The van der Waals surface area contributed by atoms with Gasteiger partial charge in [-0.25, -0.2) is 0 Å². The molecular formula is C19H27NO. The Bertz CT molecular complexity index is 510. The molecule has 2 aliphatic carbocycles. The summed E-state index contributed by atoms with van der Waals surface area (Å²) in [6, 6.07) is 8.80. The third kappa shape index (κ3) is 3.48. The van der Waals surface area contributed by atoms with Crippen LogP contribution in [0, 0.1) is 24.7 Å². The van der Waals surface area contributed by atoms with Crippen LogP contribution in [-0.4, -0.2) is 11.9 Å². The van der Waals surface area contributed by atoms with Crippen LogP contribution in [0.15, 0.2) is 24.3 Å². The first kappa shape index (κ1) is 14.6. The largest absolute Gasteiger partial charge is 0.353 e. The summed E-state index contributed by atoms with van der Waals surface area (Å²) in [5.41, 5.74) is 2.53. The molecule has 4 atom stereocenters. The maximum Gasteiger partial charge on any atom is 0.220 e. The quantitative estimate of drug-likeness (QED) is 0.874. The van der Waals surface area contributed by atoms with Crippen molar-refractivity contribution in [1.29, 1.82) is 0 Å². The summed E-state index contributed by atoms with van der Waals surface area (Å²) in [5, 5.41) is 3.25. The molecule has 2 saturated carbocycles. The standard InChI is InChI=1S/C19H27NO/c1-13-4-3-5-15(10-13)7-9-19(21)20-14(2)18-12-16-6-8-17(18)11-16/h3-5,10,14,16-18H,6-9,11-12H2,1-2H3,(H,20,21). The minimum absolute atomic E-state index is 0.215. The molecule has 0 spiro atoms. The third-order valence-electron chi connectivity index (χ3n) is 5.55.